The third-order valence-electron chi connectivity index (χ3n) is 2.16. The predicted molar refractivity (Wildman–Crippen MR) is 50.4 cm³/mol. The quantitative estimate of drug-likeness (QED) is 0.538. The first-order chi connectivity index (χ1) is 5.38. The van der Waals surface area contributed by atoms with Crippen LogP contribution in [0.3, 0.4) is 0 Å². The monoisotopic (exact) mass is 148 g/mol. The summed E-state index contributed by atoms with van der Waals surface area (Å²) in [6.07, 6.45) is 13.4. The molecule has 1 aliphatic carbocycles. The van der Waals surface area contributed by atoms with Gasteiger partial charge in [-0.2, -0.15) is 0 Å². The molecule has 0 aromatic heterocycles. The number of rotatable bonds is 3. The average Bonchev–Trinajstić information content (AvgIpc) is 2.47. The van der Waals surface area contributed by atoms with Crippen LogP contribution in [-0.2, 0) is 0 Å². The van der Waals surface area contributed by atoms with E-state index >= 15 is 0 Å². The maximum absolute atomic E-state index is 3.83. The van der Waals surface area contributed by atoms with E-state index in [1.165, 1.54) is 6.42 Å². The summed E-state index contributed by atoms with van der Waals surface area (Å²) in [5.41, 5.74) is 0. The lowest BCUT2D eigenvalue weighted by atomic mass is 9.95. The summed E-state index contributed by atoms with van der Waals surface area (Å²) in [5, 5.41) is 0. The molecule has 1 rings (SSSR count). The number of hydrogen-bond donors (Lipinski definition) is 0. The molecule has 11 heavy (non-hydrogen) atoms. The Kier molecular flexibility index (Phi) is 3.15. The summed E-state index contributed by atoms with van der Waals surface area (Å²) in [5.74, 6) is 1.27. The van der Waals surface area contributed by atoms with Crippen molar-refractivity contribution < 1.29 is 0 Å². The van der Waals surface area contributed by atoms with Gasteiger partial charge in [-0.1, -0.05) is 37.3 Å². The van der Waals surface area contributed by atoms with Crippen molar-refractivity contribution in [3.63, 3.8) is 0 Å². The highest BCUT2D eigenvalue weighted by Crippen LogP contribution is 2.26. The van der Waals surface area contributed by atoms with E-state index in [0.29, 0.717) is 11.8 Å². The lowest BCUT2D eigenvalue weighted by Crippen LogP contribution is -2.00. The van der Waals surface area contributed by atoms with Gasteiger partial charge in [-0.3, -0.25) is 0 Å². The molecule has 0 bridgehead atoms. The van der Waals surface area contributed by atoms with Gasteiger partial charge in [0.2, 0.25) is 0 Å². The average molecular weight is 148 g/mol. The molecule has 0 heterocycles. The van der Waals surface area contributed by atoms with Crippen LogP contribution < -0.4 is 0 Å². The Balaban J connectivity index is 2.49. The Morgan fingerprint density at radius 1 is 1.64 bits per heavy atom. The van der Waals surface area contributed by atoms with Crippen LogP contribution in [-0.4, -0.2) is 0 Å². The first-order valence-electron chi connectivity index (χ1n) is 4.34. The van der Waals surface area contributed by atoms with Crippen LogP contribution in [0.15, 0.2) is 37.0 Å². The fourth-order valence-electron chi connectivity index (χ4n) is 1.45. The highest BCUT2D eigenvalue weighted by Gasteiger charge is 2.15. The SMILES string of the molecule is C=C[C@H]1CC=C[C@H]1/C=C\CC. The first-order valence-corrected chi connectivity index (χ1v) is 4.34. The van der Waals surface area contributed by atoms with Gasteiger partial charge < -0.3 is 0 Å². The smallest absolute Gasteiger partial charge is 0.00122 e. The zero-order valence-electron chi connectivity index (χ0n) is 7.16. The van der Waals surface area contributed by atoms with E-state index in [2.05, 4.69) is 43.9 Å². The molecule has 2 atom stereocenters. The van der Waals surface area contributed by atoms with Gasteiger partial charge in [-0.15, -0.1) is 6.58 Å². The molecule has 60 valence electrons. The molecular weight excluding hydrogens is 132 g/mol. The second kappa shape index (κ2) is 4.17. The molecule has 0 aliphatic heterocycles. The standard InChI is InChI=1S/C11H16/c1-3-5-7-11-9-6-8-10(11)4-2/h4-7,9-11H,2-3,8H2,1H3/b7-5-/t10-,11+/m0/s1. The van der Waals surface area contributed by atoms with Crippen LogP contribution >= 0.6 is 0 Å². The van der Waals surface area contributed by atoms with Gasteiger partial charge in [0.25, 0.3) is 0 Å². The fourth-order valence-corrected chi connectivity index (χ4v) is 1.45. The minimum atomic E-state index is 0.618. The molecule has 0 nitrogen and oxygen atoms in total. The summed E-state index contributed by atoms with van der Waals surface area (Å²) in [4.78, 5) is 0. The topological polar surface area (TPSA) is 0 Å². The molecule has 1 aliphatic rings. The summed E-state index contributed by atoms with van der Waals surface area (Å²) < 4.78 is 0. The third kappa shape index (κ3) is 2.07. The first kappa shape index (κ1) is 8.32. The minimum Gasteiger partial charge on any atom is -0.103 e. The molecule has 0 heteroatoms. The van der Waals surface area contributed by atoms with Crippen molar-refractivity contribution in [1.82, 2.24) is 0 Å². The molecule has 0 radical (unpaired) electrons. The summed E-state index contributed by atoms with van der Waals surface area (Å²) in [7, 11) is 0. The van der Waals surface area contributed by atoms with Gasteiger partial charge in [-0.25, -0.2) is 0 Å². The van der Waals surface area contributed by atoms with Crippen LogP contribution in [0.2, 0.25) is 0 Å². The largest absolute Gasteiger partial charge is 0.103 e. The number of hydrogen-bond acceptors (Lipinski definition) is 0. The van der Waals surface area contributed by atoms with E-state index in [1.54, 1.807) is 0 Å². The Labute approximate surface area is 69.3 Å². The third-order valence-corrected chi connectivity index (χ3v) is 2.16. The van der Waals surface area contributed by atoms with E-state index in [4.69, 9.17) is 0 Å². The van der Waals surface area contributed by atoms with Crippen LogP contribution in [0, 0.1) is 11.8 Å². The van der Waals surface area contributed by atoms with Crippen molar-refractivity contribution in [2.75, 3.05) is 0 Å². The Bertz CT molecular complexity index is 174. The molecule has 0 fully saturated rings. The van der Waals surface area contributed by atoms with E-state index in [-0.39, 0.29) is 0 Å². The van der Waals surface area contributed by atoms with Crippen LogP contribution in [0.5, 0.6) is 0 Å². The number of allylic oxidation sites excluding steroid dienone is 5. The summed E-state index contributed by atoms with van der Waals surface area (Å²) >= 11 is 0. The predicted octanol–water partition coefficient (Wildman–Crippen LogP) is 3.33. The molecule has 0 saturated carbocycles. The fraction of sp³-hybridized carbons (Fsp3) is 0.455. The van der Waals surface area contributed by atoms with Crippen molar-refractivity contribution in [1.29, 1.82) is 0 Å². The molecule has 0 aromatic rings. The Morgan fingerprint density at radius 3 is 3.09 bits per heavy atom. The minimum absolute atomic E-state index is 0.618. The normalized spacial score (nSPS) is 29.9. The van der Waals surface area contributed by atoms with Crippen molar-refractivity contribution in [2.24, 2.45) is 11.8 Å². The van der Waals surface area contributed by atoms with E-state index in [1.807, 2.05) is 0 Å². The van der Waals surface area contributed by atoms with Crippen LogP contribution in [0.1, 0.15) is 19.8 Å². The lowest BCUT2D eigenvalue weighted by Gasteiger charge is -2.09. The van der Waals surface area contributed by atoms with Gasteiger partial charge >= 0.3 is 0 Å². The molecule has 0 amide bonds. The van der Waals surface area contributed by atoms with Gasteiger partial charge in [-0.05, 0) is 18.8 Å². The van der Waals surface area contributed by atoms with Crippen molar-refractivity contribution in [3.8, 4) is 0 Å². The maximum Gasteiger partial charge on any atom is 0.00122 e. The molecule has 0 saturated heterocycles. The van der Waals surface area contributed by atoms with Gasteiger partial charge in [0, 0.05) is 5.92 Å². The maximum atomic E-state index is 3.83. The molecule has 0 aromatic carbocycles. The van der Waals surface area contributed by atoms with Crippen LogP contribution in [0.25, 0.3) is 0 Å². The molecule has 0 N–H and O–H groups in total. The van der Waals surface area contributed by atoms with E-state index < -0.39 is 0 Å². The molecule has 0 unspecified atom stereocenters. The summed E-state index contributed by atoms with van der Waals surface area (Å²) in [6.45, 7) is 5.99. The second-order valence-corrected chi connectivity index (χ2v) is 2.98. The molecule has 0 spiro atoms. The second-order valence-electron chi connectivity index (χ2n) is 2.98. The van der Waals surface area contributed by atoms with E-state index in [9.17, 15) is 0 Å². The van der Waals surface area contributed by atoms with Crippen molar-refractivity contribution in [3.05, 3.63) is 37.0 Å². The zero-order valence-corrected chi connectivity index (χ0v) is 7.16. The highest BCUT2D eigenvalue weighted by atomic mass is 14.2. The molecular formula is C11H16. The van der Waals surface area contributed by atoms with Crippen molar-refractivity contribution >= 4 is 0 Å². The lowest BCUT2D eigenvalue weighted by molar-refractivity contribution is 0.603. The Hall–Kier alpha value is -0.780. The zero-order chi connectivity index (χ0) is 8.10. The van der Waals surface area contributed by atoms with Gasteiger partial charge in [0.1, 0.15) is 0 Å². The van der Waals surface area contributed by atoms with Gasteiger partial charge in [0.05, 0.1) is 0 Å². The Morgan fingerprint density at radius 2 is 2.45 bits per heavy atom. The summed E-state index contributed by atoms with van der Waals surface area (Å²) in [6, 6.07) is 0. The van der Waals surface area contributed by atoms with Gasteiger partial charge in [0.15, 0.2) is 0 Å². The van der Waals surface area contributed by atoms with Crippen LogP contribution in [0.4, 0.5) is 0 Å². The van der Waals surface area contributed by atoms with Crippen molar-refractivity contribution in [2.45, 2.75) is 19.8 Å². The highest BCUT2D eigenvalue weighted by molar-refractivity contribution is 5.13. The van der Waals surface area contributed by atoms with E-state index in [0.717, 1.165) is 6.42 Å².